The van der Waals surface area contributed by atoms with Gasteiger partial charge in [0.2, 0.25) is 5.91 Å². The molecule has 4 aromatic rings. The molecule has 0 radical (unpaired) electrons. The van der Waals surface area contributed by atoms with Crippen LogP contribution in [0.5, 0.6) is 0 Å². The van der Waals surface area contributed by atoms with E-state index in [0.29, 0.717) is 5.39 Å². The van der Waals surface area contributed by atoms with E-state index < -0.39 is 34.2 Å². The summed E-state index contributed by atoms with van der Waals surface area (Å²) in [5.74, 6) is -1.11. The Balaban J connectivity index is 1.89. The van der Waals surface area contributed by atoms with Crippen molar-refractivity contribution in [1.29, 1.82) is 0 Å². The fourth-order valence-corrected chi connectivity index (χ4v) is 5.06. The van der Waals surface area contributed by atoms with Gasteiger partial charge in [-0.2, -0.15) is 13.2 Å². The van der Waals surface area contributed by atoms with Gasteiger partial charge in [0.05, 0.1) is 40.2 Å². The van der Waals surface area contributed by atoms with Gasteiger partial charge in [0.15, 0.2) is 5.65 Å². The van der Waals surface area contributed by atoms with Crippen molar-refractivity contribution in [3.63, 3.8) is 0 Å². The molecule has 1 atom stereocenters. The fourth-order valence-electron chi connectivity index (χ4n) is 3.58. The van der Waals surface area contributed by atoms with E-state index in [2.05, 4.69) is 20.3 Å². The number of alkyl halides is 3. The Hall–Kier alpha value is -3.55. The van der Waals surface area contributed by atoms with E-state index in [-0.39, 0.29) is 32.5 Å². The second-order valence-electron chi connectivity index (χ2n) is 8.43. The van der Waals surface area contributed by atoms with Crippen molar-refractivity contribution >= 4 is 38.6 Å². The van der Waals surface area contributed by atoms with Crippen LogP contribution in [-0.4, -0.2) is 46.0 Å². The lowest BCUT2D eigenvalue weighted by Gasteiger charge is -2.27. The number of aryl methyl sites for hydroxylation is 1. The molecule has 0 saturated carbocycles. The van der Waals surface area contributed by atoms with Crippen LogP contribution in [-0.2, 0) is 20.4 Å². The van der Waals surface area contributed by atoms with Gasteiger partial charge < -0.3 is 5.73 Å². The van der Waals surface area contributed by atoms with Gasteiger partial charge in [-0.1, -0.05) is 29.3 Å². The van der Waals surface area contributed by atoms with E-state index in [0.717, 1.165) is 22.7 Å². The molecule has 0 aliphatic carbocycles. The molecule has 4 rings (SSSR count). The number of nitrogens with one attached hydrogen (secondary N) is 1. The third kappa shape index (κ3) is 5.15. The molecule has 0 unspecified atom stereocenters. The van der Waals surface area contributed by atoms with Gasteiger partial charge in [0.25, 0.3) is 10.0 Å². The fraction of sp³-hybridized carbons (Fsp3) is 0.217. The Morgan fingerprint density at radius 2 is 1.84 bits per heavy atom. The maximum atomic E-state index is 13.5. The van der Waals surface area contributed by atoms with Crippen molar-refractivity contribution in [2.45, 2.75) is 30.5 Å². The Labute approximate surface area is 214 Å². The van der Waals surface area contributed by atoms with Gasteiger partial charge in [-0.3, -0.25) is 15.1 Å². The first-order valence-electron chi connectivity index (χ1n) is 10.7. The standard InChI is InChI=1S/C23H20ClF3N6O3S/c1-13-3-5-15(6-4-13)37(35,36)33-11-17(16-7-14(24)8-30-20(16)33)18-9-29-10-19(32-18)22(2,21(28)34)31-12-23(25,26)27/h3-11,31H,12H2,1-2H3,(H2,28,34)/t22-/m0/s1. The highest BCUT2D eigenvalue weighted by Gasteiger charge is 2.39. The second-order valence-corrected chi connectivity index (χ2v) is 10.7. The molecule has 3 aromatic heterocycles. The first kappa shape index (κ1) is 26.5. The van der Waals surface area contributed by atoms with Crippen LogP contribution in [0.25, 0.3) is 22.3 Å². The van der Waals surface area contributed by atoms with Crippen molar-refractivity contribution in [2.75, 3.05) is 6.54 Å². The summed E-state index contributed by atoms with van der Waals surface area (Å²) in [6.07, 6.45) is 0.296. The largest absolute Gasteiger partial charge is 0.401 e. The van der Waals surface area contributed by atoms with Gasteiger partial charge in [-0.05, 0) is 32.0 Å². The van der Waals surface area contributed by atoms with E-state index >= 15 is 0 Å². The number of amides is 1. The SMILES string of the molecule is Cc1ccc(S(=O)(=O)n2cc(-c3cncc([C@](C)(NCC(F)(F)F)C(N)=O)n3)c3cc(Cl)cnc32)cc1. The lowest BCUT2D eigenvalue weighted by atomic mass is 9.96. The molecule has 9 nitrogen and oxygen atoms in total. The highest BCUT2D eigenvalue weighted by Crippen LogP contribution is 2.33. The van der Waals surface area contributed by atoms with Gasteiger partial charge in [0, 0.05) is 23.3 Å². The quantitative estimate of drug-likeness (QED) is 0.358. The summed E-state index contributed by atoms with van der Waals surface area (Å²) in [6, 6.07) is 7.69. The van der Waals surface area contributed by atoms with Crippen molar-refractivity contribution in [3.05, 3.63) is 71.4 Å². The number of nitrogens with two attached hydrogens (primary N) is 1. The average molecular weight is 553 g/mol. The topological polar surface area (TPSA) is 133 Å². The summed E-state index contributed by atoms with van der Waals surface area (Å²) in [4.78, 5) is 24.7. The van der Waals surface area contributed by atoms with Crippen LogP contribution >= 0.6 is 11.6 Å². The van der Waals surface area contributed by atoms with Crippen molar-refractivity contribution in [3.8, 4) is 11.3 Å². The maximum absolute atomic E-state index is 13.5. The number of carbonyl (C=O) groups excluding carboxylic acids is 1. The zero-order valence-electron chi connectivity index (χ0n) is 19.4. The number of fused-ring (bicyclic) bond motifs is 1. The summed E-state index contributed by atoms with van der Waals surface area (Å²) >= 11 is 6.13. The van der Waals surface area contributed by atoms with Crippen molar-refractivity contribution < 1.29 is 26.4 Å². The molecular formula is C23H20ClF3N6O3S. The molecule has 14 heteroatoms. The van der Waals surface area contributed by atoms with Crippen molar-refractivity contribution in [1.82, 2.24) is 24.2 Å². The number of hydrogen-bond acceptors (Lipinski definition) is 7. The van der Waals surface area contributed by atoms with Crippen LogP contribution < -0.4 is 11.1 Å². The summed E-state index contributed by atoms with van der Waals surface area (Å²) < 4.78 is 66.5. The molecule has 3 N–H and O–H groups in total. The minimum Gasteiger partial charge on any atom is -0.368 e. The van der Waals surface area contributed by atoms with Crippen LogP contribution in [0.15, 0.2) is 60.0 Å². The van der Waals surface area contributed by atoms with E-state index in [9.17, 15) is 26.4 Å². The number of primary amides is 1. The van der Waals surface area contributed by atoms with Gasteiger partial charge >= 0.3 is 6.18 Å². The number of aromatic nitrogens is 4. The summed E-state index contributed by atoms with van der Waals surface area (Å²) in [6.45, 7) is 1.46. The van der Waals surface area contributed by atoms with E-state index in [1.165, 1.54) is 36.8 Å². The molecule has 0 fully saturated rings. The molecular weight excluding hydrogens is 533 g/mol. The number of hydrogen-bond donors (Lipinski definition) is 2. The summed E-state index contributed by atoms with van der Waals surface area (Å²) in [7, 11) is -4.11. The number of nitrogens with zero attached hydrogens (tertiary/aromatic N) is 4. The van der Waals surface area contributed by atoms with Gasteiger partial charge in [0.1, 0.15) is 5.54 Å². The lowest BCUT2D eigenvalue weighted by Crippen LogP contribution is -2.53. The molecule has 37 heavy (non-hydrogen) atoms. The predicted molar refractivity (Wildman–Crippen MR) is 130 cm³/mol. The minimum atomic E-state index is -4.62. The zero-order chi connectivity index (χ0) is 27.2. The van der Waals surface area contributed by atoms with Crippen molar-refractivity contribution in [2.24, 2.45) is 5.73 Å². The number of pyridine rings is 1. The third-order valence-electron chi connectivity index (χ3n) is 5.71. The molecule has 1 amide bonds. The monoisotopic (exact) mass is 552 g/mol. The van der Waals surface area contributed by atoms with Gasteiger partial charge in [-0.15, -0.1) is 0 Å². The smallest absolute Gasteiger partial charge is 0.368 e. The molecule has 0 saturated heterocycles. The molecule has 0 spiro atoms. The Morgan fingerprint density at radius 1 is 1.16 bits per heavy atom. The highest BCUT2D eigenvalue weighted by atomic mass is 35.5. The highest BCUT2D eigenvalue weighted by molar-refractivity contribution is 7.90. The van der Waals surface area contributed by atoms with Crippen LogP contribution in [0, 0.1) is 6.92 Å². The summed E-state index contributed by atoms with van der Waals surface area (Å²) in [5.41, 5.74) is 4.39. The lowest BCUT2D eigenvalue weighted by molar-refractivity contribution is -0.136. The predicted octanol–water partition coefficient (Wildman–Crippen LogP) is 3.54. The minimum absolute atomic E-state index is 0.00999. The normalized spacial score (nSPS) is 14.0. The maximum Gasteiger partial charge on any atom is 0.401 e. The molecule has 3 heterocycles. The number of halogens is 4. The molecule has 194 valence electrons. The van der Waals surface area contributed by atoms with Gasteiger partial charge in [-0.25, -0.2) is 22.4 Å². The van der Waals surface area contributed by atoms with E-state index in [4.69, 9.17) is 17.3 Å². The summed E-state index contributed by atoms with van der Waals surface area (Å²) in [5, 5.41) is 2.59. The molecule has 0 bridgehead atoms. The van der Waals surface area contributed by atoms with Crippen LogP contribution in [0.1, 0.15) is 18.2 Å². The third-order valence-corrected chi connectivity index (χ3v) is 7.59. The average Bonchev–Trinajstić information content (AvgIpc) is 3.22. The van der Waals surface area contributed by atoms with E-state index in [1.807, 2.05) is 6.92 Å². The van der Waals surface area contributed by atoms with E-state index in [1.54, 1.807) is 12.1 Å². The first-order valence-corrected chi connectivity index (χ1v) is 12.5. The molecule has 0 aliphatic rings. The number of rotatable bonds is 7. The number of carbonyl (C=O) groups is 1. The van der Waals surface area contributed by atoms with Crippen LogP contribution in [0.4, 0.5) is 13.2 Å². The Bertz CT molecular complexity index is 1610. The number of benzene rings is 1. The Morgan fingerprint density at radius 3 is 2.46 bits per heavy atom. The molecule has 1 aromatic carbocycles. The first-order chi connectivity index (χ1) is 17.2. The van der Waals surface area contributed by atoms with Crippen LogP contribution in [0.3, 0.4) is 0 Å². The molecule has 0 aliphatic heterocycles. The second kappa shape index (κ2) is 9.39. The van der Waals surface area contributed by atoms with Crippen LogP contribution in [0.2, 0.25) is 5.02 Å². The zero-order valence-corrected chi connectivity index (χ0v) is 21.0. The Kier molecular flexibility index (Phi) is 6.73.